The number of aryl methyl sites for hydroxylation is 1. The Morgan fingerprint density at radius 2 is 2.57 bits per heavy atom. The average Bonchev–Trinajstić information content (AvgIpc) is 1.91. The van der Waals surface area contributed by atoms with Crippen LogP contribution in [-0.4, -0.2) is 9.55 Å². The molecule has 0 aromatic carbocycles. The van der Waals surface area contributed by atoms with Crippen molar-refractivity contribution in [2.24, 2.45) is 7.05 Å². The summed E-state index contributed by atoms with van der Waals surface area (Å²) in [5, 5.41) is 0.639. The third kappa shape index (κ3) is 0.718. The normalized spacial score (nSPS) is 9.29. The first-order chi connectivity index (χ1) is 3.30. The monoisotopic (exact) mass is 113 g/mol. The van der Waals surface area contributed by atoms with Crippen LogP contribution in [0.5, 0.6) is 0 Å². The highest BCUT2D eigenvalue weighted by Gasteiger charge is 1.75. The van der Waals surface area contributed by atoms with Gasteiger partial charge in [0.05, 0.1) is 0 Å². The lowest BCUT2D eigenvalue weighted by Gasteiger charge is -2.00. The van der Waals surface area contributed by atoms with E-state index in [0.29, 0.717) is 5.16 Å². The minimum Gasteiger partial charge on any atom is -0.742 e. The van der Waals surface area contributed by atoms with Gasteiger partial charge < -0.3 is 17.2 Å². The van der Waals surface area contributed by atoms with Crippen LogP contribution in [0.2, 0.25) is 0 Å². The predicted molar refractivity (Wildman–Crippen MR) is 28.8 cm³/mol. The van der Waals surface area contributed by atoms with Crippen molar-refractivity contribution in [1.29, 1.82) is 0 Å². The minimum absolute atomic E-state index is 0.639. The lowest BCUT2D eigenvalue weighted by atomic mass is 10.9. The Bertz CT molecular complexity index is 142. The Balaban J connectivity index is 3.12. The Kier molecular flexibility index (Phi) is 0.982. The maximum absolute atomic E-state index is 4.74. The first kappa shape index (κ1) is 4.59. The molecule has 0 bridgehead atoms. The molecule has 0 aliphatic carbocycles. The Morgan fingerprint density at radius 3 is 2.71 bits per heavy atom. The fraction of sp³-hybridized carbons (Fsp3) is 0.250. The van der Waals surface area contributed by atoms with Crippen molar-refractivity contribution in [2.45, 2.75) is 5.16 Å². The molecule has 1 heterocycles. The van der Waals surface area contributed by atoms with E-state index < -0.39 is 0 Å². The highest BCUT2D eigenvalue weighted by Crippen LogP contribution is 1.87. The molecular weight excluding hydrogens is 108 g/mol. The summed E-state index contributed by atoms with van der Waals surface area (Å²) in [4.78, 5) is 3.79. The van der Waals surface area contributed by atoms with E-state index >= 15 is 0 Å². The van der Waals surface area contributed by atoms with Crippen molar-refractivity contribution >= 4 is 12.6 Å². The molecule has 0 saturated heterocycles. The molecule has 7 heavy (non-hydrogen) atoms. The van der Waals surface area contributed by atoms with E-state index in [9.17, 15) is 0 Å². The molecule has 0 aliphatic heterocycles. The summed E-state index contributed by atoms with van der Waals surface area (Å²) in [7, 11) is 1.87. The van der Waals surface area contributed by atoms with Gasteiger partial charge in [-0.3, -0.25) is 4.98 Å². The van der Waals surface area contributed by atoms with Crippen molar-refractivity contribution in [2.75, 3.05) is 0 Å². The number of hydrogen-bond acceptors (Lipinski definition) is 2. The van der Waals surface area contributed by atoms with Gasteiger partial charge in [0, 0.05) is 19.4 Å². The molecular formula is C4H5N2S-. The molecule has 0 aliphatic rings. The van der Waals surface area contributed by atoms with Crippen LogP contribution in [0.3, 0.4) is 0 Å². The molecule has 2 nitrogen and oxygen atoms in total. The van der Waals surface area contributed by atoms with Gasteiger partial charge in [-0.15, -0.1) is 0 Å². The maximum atomic E-state index is 4.74. The van der Waals surface area contributed by atoms with Gasteiger partial charge in [-0.05, 0) is 5.16 Å². The molecule has 1 aromatic rings. The molecule has 0 N–H and O–H groups in total. The fourth-order valence-corrected chi connectivity index (χ4v) is 0.474. The first-order valence-electron chi connectivity index (χ1n) is 1.95. The highest BCUT2D eigenvalue weighted by atomic mass is 32.1. The first-order valence-corrected chi connectivity index (χ1v) is 2.36. The fourth-order valence-electron chi connectivity index (χ4n) is 0.352. The lowest BCUT2D eigenvalue weighted by Crippen LogP contribution is -1.86. The average molecular weight is 113 g/mol. The molecule has 0 unspecified atom stereocenters. The van der Waals surface area contributed by atoms with Crippen molar-refractivity contribution in [3.05, 3.63) is 12.4 Å². The van der Waals surface area contributed by atoms with Crippen molar-refractivity contribution < 1.29 is 0 Å². The summed E-state index contributed by atoms with van der Waals surface area (Å²) >= 11 is 4.74. The van der Waals surface area contributed by atoms with Crippen LogP contribution < -0.4 is 0 Å². The van der Waals surface area contributed by atoms with Crippen LogP contribution >= 0.6 is 0 Å². The lowest BCUT2D eigenvalue weighted by molar-refractivity contribution is 0.793. The van der Waals surface area contributed by atoms with Crippen LogP contribution in [0.15, 0.2) is 17.6 Å². The van der Waals surface area contributed by atoms with Crippen LogP contribution in [0.1, 0.15) is 0 Å². The van der Waals surface area contributed by atoms with E-state index in [4.69, 9.17) is 12.6 Å². The van der Waals surface area contributed by atoms with E-state index in [1.807, 2.05) is 13.2 Å². The summed E-state index contributed by atoms with van der Waals surface area (Å²) in [5.41, 5.74) is 0. The molecule has 1 rings (SSSR count). The zero-order valence-electron chi connectivity index (χ0n) is 3.96. The van der Waals surface area contributed by atoms with Crippen LogP contribution in [0.25, 0.3) is 0 Å². The van der Waals surface area contributed by atoms with Crippen molar-refractivity contribution in [1.82, 2.24) is 9.55 Å². The van der Waals surface area contributed by atoms with Crippen LogP contribution in [0, 0.1) is 0 Å². The van der Waals surface area contributed by atoms with Gasteiger partial charge >= 0.3 is 0 Å². The second-order valence-corrected chi connectivity index (χ2v) is 1.69. The van der Waals surface area contributed by atoms with E-state index in [-0.39, 0.29) is 0 Å². The summed E-state index contributed by atoms with van der Waals surface area (Å²) < 4.78 is 1.79. The van der Waals surface area contributed by atoms with Crippen LogP contribution in [0.4, 0.5) is 0 Å². The van der Waals surface area contributed by atoms with E-state index in [1.54, 1.807) is 10.8 Å². The largest absolute Gasteiger partial charge is 0.742 e. The quantitative estimate of drug-likeness (QED) is 0.451. The molecule has 0 radical (unpaired) electrons. The number of hydrogen-bond donors (Lipinski definition) is 0. The molecule has 0 atom stereocenters. The van der Waals surface area contributed by atoms with Crippen LogP contribution in [-0.2, 0) is 19.7 Å². The summed E-state index contributed by atoms with van der Waals surface area (Å²) in [6, 6.07) is 0. The SMILES string of the molecule is Cn1ccnc1[S-]. The van der Waals surface area contributed by atoms with Gasteiger partial charge in [-0.25, -0.2) is 0 Å². The maximum Gasteiger partial charge on any atom is 0.0429 e. The van der Waals surface area contributed by atoms with E-state index in [1.165, 1.54) is 0 Å². The molecule has 0 saturated carbocycles. The number of nitrogens with zero attached hydrogens (tertiary/aromatic N) is 2. The molecule has 0 spiro atoms. The van der Waals surface area contributed by atoms with Gasteiger partial charge in [0.25, 0.3) is 0 Å². The molecule has 0 amide bonds. The number of rotatable bonds is 0. The molecule has 38 valence electrons. The third-order valence-corrected chi connectivity index (χ3v) is 1.17. The Hall–Kier alpha value is -0.570. The van der Waals surface area contributed by atoms with E-state index in [2.05, 4.69) is 4.98 Å². The number of aromatic nitrogens is 2. The molecule has 1 aromatic heterocycles. The molecule has 3 heteroatoms. The topological polar surface area (TPSA) is 17.8 Å². The standard InChI is InChI=1S/C4H6N2S/c1-6-3-2-5-4(6)7/h2-3H,1H3,(H,5,7)/p-1. The molecule has 0 fully saturated rings. The van der Waals surface area contributed by atoms with Gasteiger partial charge in [-0.1, -0.05) is 0 Å². The Morgan fingerprint density at radius 1 is 1.86 bits per heavy atom. The van der Waals surface area contributed by atoms with Crippen molar-refractivity contribution in [3.63, 3.8) is 0 Å². The summed E-state index contributed by atoms with van der Waals surface area (Å²) in [6.45, 7) is 0. The summed E-state index contributed by atoms with van der Waals surface area (Å²) in [5.74, 6) is 0. The third-order valence-electron chi connectivity index (χ3n) is 0.777. The Labute approximate surface area is 47.6 Å². The predicted octanol–water partition coefficient (Wildman–Crippen LogP) is 0.326. The highest BCUT2D eigenvalue weighted by molar-refractivity contribution is 7.58. The van der Waals surface area contributed by atoms with E-state index in [0.717, 1.165) is 0 Å². The van der Waals surface area contributed by atoms with Gasteiger partial charge in [0.2, 0.25) is 0 Å². The van der Waals surface area contributed by atoms with Gasteiger partial charge in [0.1, 0.15) is 0 Å². The van der Waals surface area contributed by atoms with Gasteiger partial charge in [-0.2, -0.15) is 0 Å². The van der Waals surface area contributed by atoms with Crippen molar-refractivity contribution in [3.8, 4) is 0 Å². The zero-order valence-corrected chi connectivity index (χ0v) is 4.77. The smallest absolute Gasteiger partial charge is 0.0429 e. The second kappa shape index (κ2) is 1.50. The van der Waals surface area contributed by atoms with Gasteiger partial charge in [0.15, 0.2) is 0 Å². The minimum atomic E-state index is 0.639. The summed E-state index contributed by atoms with van der Waals surface area (Å²) in [6.07, 6.45) is 3.50. The second-order valence-electron chi connectivity index (χ2n) is 1.32. The zero-order chi connectivity index (χ0) is 5.28. The number of imidazole rings is 1.